The second-order valence-electron chi connectivity index (χ2n) is 4.94. The zero-order valence-corrected chi connectivity index (χ0v) is 13.7. The largest absolute Gasteiger partial charge is 0.449 e. The number of nitrogens with zero attached hydrogens (tertiary/aromatic N) is 4. The molecule has 8 nitrogen and oxygen atoms in total. The summed E-state index contributed by atoms with van der Waals surface area (Å²) in [5.74, 6) is 1.07. The quantitative estimate of drug-likeness (QED) is 0.784. The average Bonchev–Trinajstić information content (AvgIpc) is 2.92. The second-order valence-corrected chi connectivity index (χ2v) is 5.38. The van der Waals surface area contributed by atoms with Crippen LogP contribution in [0.25, 0.3) is 5.82 Å². The van der Waals surface area contributed by atoms with Crippen molar-refractivity contribution in [2.24, 2.45) is 5.73 Å². The molecule has 1 atom stereocenters. The summed E-state index contributed by atoms with van der Waals surface area (Å²) in [6.07, 6.45) is 2.64. The molecule has 9 heteroatoms. The molecule has 0 radical (unpaired) electrons. The summed E-state index contributed by atoms with van der Waals surface area (Å²) in [7, 11) is 0. The molecule has 3 N–H and O–H groups in total. The number of unbranched alkanes of at least 4 members (excludes halogenated alkanes) is 1. The lowest BCUT2D eigenvalue weighted by Crippen LogP contribution is -2.15. The molecule has 124 valence electrons. The van der Waals surface area contributed by atoms with Gasteiger partial charge in [-0.15, -0.1) is 5.10 Å². The lowest BCUT2D eigenvalue weighted by Gasteiger charge is -2.06. The first-order valence-electron chi connectivity index (χ1n) is 7.29. The summed E-state index contributed by atoms with van der Waals surface area (Å²) < 4.78 is 6.47. The fraction of sp³-hybridized carbons (Fsp3) is 0.429. The van der Waals surface area contributed by atoms with Gasteiger partial charge < -0.3 is 10.5 Å². The number of ether oxygens (including phenoxy) is 1. The molecule has 1 unspecified atom stereocenters. The van der Waals surface area contributed by atoms with Crippen molar-refractivity contribution in [2.45, 2.75) is 32.7 Å². The first-order valence-corrected chi connectivity index (χ1v) is 7.67. The lowest BCUT2D eigenvalue weighted by atomic mass is 10.3. The summed E-state index contributed by atoms with van der Waals surface area (Å²) in [6, 6.07) is 2.97. The highest BCUT2D eigenvalue weighted by atomic mass is 35.5. The topological polar surface area (TPSA) is 108 Å². The highest BCUT2D eigenvalue weighted by molar-refractivity contribution is 6.30. The molecule has 0 aliphatic heterocycles. The Bertz CT molecular complexity index is 656. The van der Waals surface area contributed by atoms with Gasteiger partial charge in [0.25, 0.3) is 5.95 Å². The number of nitrogens with two attached hydrogens (primary N) is 1. The Balaban J connectivity index is 2.18. The fourth-order valence-electron chi connectivity index (χ4n) is 1.77. The standard InChI is InChI=1S/C14H19ClN6O2/c1-3-4-7-23-14(22)19-13-18-12(9(2)16)21(20-13)11-6-5-10(15)8-17-11/h5-6,8-9H,3-4,7,16H2,1-2H3,(H,19,20,22). The number of carbonyl (C=O) groups excluding carboxylic acids is 1. The molecule has 2 rings (SSSR count). The number of hydrogen-bond donors (Lipinski definition) is 2. The van der Waals surface area contributed by atoms with Gasteiger partial charge >= 0.3 is 6.09 Å². The number of carbonyl (C=O) groups is 1. The first-order chi connectivity index (χ1) is 11.0. The summed E-state index contributed by atoms with van der Waals surface area (Å²) >= 11 is 5.83. The van der Waals surface area contributed by atoms with Gasteiger partial charge in [0.05, 0.1) is 17.7 Å². The van der Waals surface area contributed by atoms with Gasteiger partial charge in [-0.25, -0.2) is 9.78 Å². The molecule has 23 heavy (non-hydrogen) atoms. The molecular weight excluding hydrogens is 320 g/mol. The maximum Gasteiger partial charge on any atom is 0.414 e. The van der Waals surface area contributed by atoms with Crippen LogP contribution in [0.15, 0.2) is 18.3 Å². The predicted octanol–water partition coefficient (Wildman–Crippen LogP) is 2.68. The summed E-state index contributed by atoms with van der Waals surface area (Å²) in [4.78, 5) is 20.1. The molecule has 0 fully saturated rings. The maximum atomic E-state index is 11.7. The van der Waals surface area contributed by atoms with E-state index in [2.05, 4.69) is 20.4 Å². The molecular formula is C14H19ClN6O2. The summed E-state index contributed by atoms with van der Waals surface area (Å²) in [5, 5.41) is 7.20. The normalized spacial score (nSPS) is 12.0. The third-order valence-corrected chi connectivity index (χ3v) is 3.14. The predicted molar refractivity (Wildman–Crippen MR) is 86.6 cm³/mol. The molecule has 1 amide bonds. The number of aromatic nitrogens is 4. The van der Waals surface area contributed by atoms with Crippen LogP contribution in [-0.2, 0) is 4.74 Å². The number of rotatable bonds is 6. The van der Waals surface area contributed by atoms with Crippen molar-refractivity contribution in [2.75, 3.05) is 11.9 Å². The van der Waals surface area contributed by atoms with Crippen LogP contribution in [0.3, 0.4) is 0 Å². The SMILES string of the molecule is CCCCOC(=O)Nc1nc(C(C)N)n(-c2ccc(Cl)cn2)n1. The summed E-state index contributed by atoms with van der Waals surface area (Å²) in [6.45, 7) is 4.13. The van der Waals surface area contributed by atoms with Crippen LogP contribution in [0.5, 0.6) is 0 Å². The number of anilines is 1. The molecule has 0 spiro atoms. The van der Waals surface area contributed by atoms with Crippen LogP contribution >= 0.6 is 11.6 Å². The van der Waals surface area contributed by atoms with E-state index in [0.29, 0.717) is 23.3 Å². The molecule has 0 aromatic carbocycles. The van der Waals surface area contributed by atoms with Crippen LogP contribution in [-0.4, -0.2) is 32.4 Å². The van der Waals surface area contributed by atoms with E-state index in [4.69, 9.17) is 22.1 Å². The minimum atomic E-state index is -0.601. The van der Waals surface area contributed by atoms with E-state index >= 15 is 0 Å². The minimum Gasteiger partial charge on any atom is -0.449 e. The second kappa shape index (κ2) is 7.89. The number of hydrogen-bond acceptors (Lipinski definition) is 6. The lowest BCUT2D eigenvalue weighted by molar-refractivity contribution is 0.159. The number of amides is 1. The van der Waals surface area contributed by atoms with Crippen LogP contribution in [0, 0.1) is 0 Å². The third kappa shape index (κ3) is 4.64. The van der Waals surface area contributed by atoms with Crippen molar-refractivity contribution in [1.29, 1.82) is 0 Å². The Morgan fingerprint density at radius 3 is 2.91 bits per heavy atom. The third-order valence-electron chi connectivity index (χ3n) is 2.91. The first kappa shape index (κ1) is 17.2. The van der Waals surface area contributed by atoms with Crippen molar-refractivity contribution in [3.63, 3.8) is 0 Å². The van der Waals surface area contributed by atoms with Gasteiger partial charge in [-0.3, -0.25) is 5.32 Å². The Morgan fingerprint density at radius 1 is 1.52 bits per heavy atom. The van der Waals surface area contributed by atoms with Crippen molar-refractivity contribution in [3.8, 4) is 5.82 Å². The van der Waals surface area contributed by atoms with E-state index in [1.165, 1.54) is 10.9 Å². The molecule has 0 saturated carbocycles. The molecule has 0 aliphatic carbocycles. The van der Waals surface area contributed by atoms with Gasteiger partial charge in [-0.05, 0) is 25.5 Å². The minimum absolute atomic E-state index is 0.107. The van der Waals surface area contributed by atoms with E-state index in [9.17, 15) is 4.79 Å². The zero-order valence-electron chi connectivity index (χ0n) is 13.0. The van der Waals surface area contributed by atoms with E-state index in [-0.39, 0.29) is 5.95 Å². The Kier molecular flexibility index (Phi) is 5.89. The molecule has 0 bridgehead atoms. The van der Waals surface area contributed by atoms with Gasteiger partial charge in [-0.1, -0.05) is 24.9 Å². The molecule has 2 aromatic heterocycles. The zero-order chi connectivity index (χ0) is 16.8. The number of nitrogens with one attached hydrogen (secondary N) is 1. The molecule has 0 aliphatic rings. The maximum absolute atomic E-state index is 11.7. The van der Waals surface area contributed by atoms with Crippen LogP contribution in [0.4, 0.5) is 10.7 Å². The Hall–Kier alpha value is -2.19. The van der Waals surface area contributed by atoms with E-state index in [0.717, 1.165) is 12.8 Å². The number of halogens is 1. The van der Waals surface area contributed by atoms with Gasteiger partial charge in [0, 0.05) is 6.20 Å². The van der Waals surface area contributed by atoms with Crippen LogP contribution in [0.2, 0.25) is 5.02 Å². The van der Waals surface area contributed by atoms with Crippen molar-refractivity contribution in [1.82, 2.24) is 19.7 Å². The van der Waals surface area contributed by atoms with Gasteiger partial charge in [-0.2, -0.15) is 9.67 Å². The smallest absolute Gasteiger partial charge is 0.414 e. The number of pyridine rings is 1. The molecule has 0 saturated heterocycles. The fourth-order valence-corrected chi connectivity index (χ4v) is 1.88. The van der Waals surface area contributed by atoms with Crippen LogP contribution in [0.1, 0.15) is 38.6 Å². The molecule has 2 heterocycles. The average molecular weight is 339 g/mol. The Labute approximate surface area is 139 Å². The van der Waals surface area contributed by atoms with E-state index in [1.807, 2.05) is 6.92 Å². The van der Waals surface area contributed by atoms with Crippen molar-refractivity contribution < 1.29 is 9.53 Å². The van der Waals surface area contributed by atoms with Gasteiger partial charge in [0.2, 0.25) is 0 Å². The van der Waals surface area contributed by atoms with Crippen LogP contribution < -0.4 is 11.1 Å². The molecule has 2 aromatic rings. The monoisotopic (exact) mass is 338 g/mol. The van der Waals surface area contributed by atoms with Gasteiger partial charge in [0.1, 0.15) is 0 Å². The van der Waals surface area contributed by atoms with E-state index < -0.39 is 12.1 Å². The highest BCUT2D eigenvalue weighted by Gasteiger charge is 2.17. The van der Waals surface area contributed by atoms with Gasteiger partial charge in [0.15, 0.2) is 11.6 Å². The van der Waals surface area contributed by atoms with Crippen molar-refractivity contribution in [3.05, 3.63) is 29.2 Å². The van der Waals surface area contributed by atoms with Crippen molar-refractivity contribution >= 4 is 23.6 Å². The summed E-state index contributed by atoms with van der Waals surface area (Å²) in [5.41, 5.74) is 5.90. The Morgan fingerprint density at radius 2 is 2.30 bits per heavy atom. The van der Waals surface area contributed by atoms with E-state index in [1.54, 1.807) is 19.1 Å². The highest BCUT2D eigenvalue weighted by Crippen LogP contribution is 2.16.